The molecule has 1 amide bonds. The molecule has 2 atom stereocenters. The van der Waals surface area contributed by atoms with Gasteiger partial charge >= 0.3 is 0 Å². The molecular formula is C15H20N2O2. The number of rotatable bonds is 4. The predicted octanol–water partition coefficient (Wildman–Crippen LogP) is 1.14. The molecule has 1 fully saturated rings. The van der Waals surface area contributed by atoms with Gasteiger partial charge < -0.3 is 10.6 Å². The lowest BCUT2D eigenvalue weighted by atomic mass is 10.0. The summed E-state index contributed by atoms with van der Waals surface area (Å²) in [5, 5.41) is 0. The highest BCUT2D eigenvalue weighted by atomic mass is 16.2. The molecule has 19 heavy (non-hydrogen) atoms. The van der Waals surface area contributed by atoms with Crippen LogP contribution in [0.2, 0.25) is 0 Å². The summed E-state index contributed by atoms with van der Waals surface area (Å²) >= 11 is 0. The van der Waals surface area contributed by atoms with Crippen molar-refractivity contribution in [3.8, 4) is 0 Å². The number of carbonyl (C=O) groups excluding carboxylic acids is 2. The second-order valence-electron chi connectivity index (χ2n) is 5.10. The maximum Gasteiger partial charge on any atom is 0.240 e. The molecule has 0 aromatic heterocycles. The Bertz CT molecular complexity index is 458. The molecule has 0 bridgehead atoms. The zero-order valence-corrected chi connectivity index (χ0v) is 11.2. The smallest absolute Gasteiger partial charge is 0.240 e. The number of benzene rings is 1. The molecule has 1 aromatic rings. The van der Waals surface area contributed by atoms with Crippen molar-refractivity contribution in [2.24, 2.45) is 5.73 Å². The molecule has 102 valence electrons. The number of nitrogens with zero attached hydrogens (tertiary/aromatic N) is 1. The zero-order valence-electron chi connectivity index (χ0n) is 11.2. The first-order valence-electron chi connectivity index (χ1n) is 6.70. The molecule has 0 radical (unpaired) electrons. The number of hydrogen-bond donors (Lipinski definition) is 1. The van der Waals surface area contributed by atoms with Crippen LogP contribution in [0.1, 0.15) is 25.3 Å². The number of carbonyl (C=O) groups is 2. The Morgan fingerprint density at radius 1 is 1.37 bits per heavy atom. The van der Waals surface area contributed by atoms with E-state index in [1.165, 1.54) is 0 Å². The molecular weight excluding hydrogens is 240 g/mol. The third-order valence-electron chi connectivity index (χ3n) is 3.62. The van der Waals surface area contributed by atoms with Gasteiger partial charge in [-0.2, -0.15) is 0 Å². The lowest BCUT2D eigenvalue weighted by Gasteiger charge is -2.25. The van der Waals surface area contributed by atoms with Crippen molar-refractivity contribution in [1.29, 1.82) is 0 Å². The summed E-state index contributed by atoms with van der Waals surface area (Å²) in [5.74, 6) is -0.0562. The van der Waals surface area contributed by atoms with Crippen molar-refractivity contribution in [1.82, 2.24) is 4.90 Å². The summed E-state index contributed by atoms with van der Waals surface area (Å²) in [6, 6.07) is 8.88. The van der Waals surface area contributed by atoms with E-state index in [-0.39, 0.29) is 17.7 Å². The molecule has 2 unspecified atom stereocenters. The van der Waals surface area contributed by atoms with Gasteiger partial charge in [0.2, 0.25) is 5.91 Å². The van der Waals surface area contributed by atoms with Gasteiger partial charge in [-0.05, 0) is 31.7 Å². The van der Waals surface area contributed by atoms with Gasteiger partial charge in [-0.3, -0.25) is 9.59 Å². The topological polar surface area (TPSA) is 63.4 Å². The Labute approximate surface area is 113 Å². The van der Waals surface area contributed by atoms with E-state index in [1.807, 2.05) is 30.3 Å². The summed E-state index contributed by atoms with van der Waals surface area (Å²) in [5.41, 5.74) is 7.03. The molecule has 4 nitrogen and oxygen atoms in total. The van der Waals surface area contributed by atoms with Crippen LogP contribution in [0.25, 0.3) is 0 Å². The van der Waals surface area contributed by atoms with Crippen LogP contribution in [0.3, 0.4) is 0 Å². The summed E-state index contributed by atoms with van der Waals surface area (Å²) < 4.78 is 0. The van der Waals surface area contributed by atoms with Crippen LogP contribution in [0, 0.1) is 0 Å². The third kappa shape index (κ3) is 3.20. The first-order chi connectivity index (χ1) is 9.09. The van der Waals surface area contributed by atoms with Gasteiger partial charge in [-0.25, -0.2) is 0 Å². The second kappa shape index (κ2) is 5.97. The Kier molecular flexibility index (Phi) is 4.32. The van der Waals surface area contributed by atoms with E-state index in [2.05, 4.69) is 0 Å². The lowest BCUT2D eigenvalue weighted by molar-refractivity contribution is -0.138. The van der Waals surface area contributed by atoms with Crippen LogP contribution in [-0.4, -0.2) is 35.2 Å². The Hall–Kier alpha value is -1.68. The summed E-state index contributed by atoms with van der Waals surface area (Å²) in [4.78, 5) is 25.5. The van der Waals surface area contributed by atoms with E-state index in [4.69, 9.17) is 5.73 Å². The summed E-state index contributed by atoms with van der Waals surface area (Å²) in [6.45, 7) is 2.19. The van der Waals surface area contributed by atoms with E-state index < -0.39 is 6.04 Å². The highest BCUT2D eigenvalue weighted by Gasteiger charge is 2.34. The van der Waals surface area contributed by atoms with Crippen molar-refractivity contribution in [3.05, 3.63) is 35.9 Å². The fourth-order valence-corrected chi connectivity index (χ4v) is 2.62. The molecule has 4 heteroatoms. The van der Waals surface area contributed by atoms with Gasteiger partial charge in [0.1, 0.15) is 0 Å². The molecule has 0 saturated carbocycles. The lowest BCUT2D eigenvalue weighted by Crippen LogP contribution is -2.48. The van der Waals surface area contributed by atoms with Crippen molar-refractivity contribution in [3.63, 3.8) is 0 Å². The van der Waals surface area contributed by atoms with Crippen LogP contribution in [-0.2, 0) is 16.0 Å². The van der Waals surface area contributed by atoms with Crippen LogP contribution < -0.4 is 5.73 Å². The monoisotopic (exact) mass is 260 g/mol. The molecule has 1 saturated heterocycles. The van der Waals surface area contributed by atoms with Crippen molar-refractivity contribution in [2.75, 3.05) is 6.54 Å². The van der Waals surface area contributed by atoms with Gasteiger partial charge in [0, 0.05) is 6.54 Å². The zero-order chi connectivity index (χ0) is 13.8. The maximum atomic E-state index is 12.3. The fourth-order valence-electron chi connectivity index (χ4n) is 2.62. The van der Waals surface area contributed by atoms with E-state index in [0.717, 1.165) is 18.4 Å². The van der Waals surface area contributed by atoms with Crippen LogP contribution in [0.15, 0.2) is 30.3 Å². The van der Waals surface area contributed by atoms with Gasteiger partial charge in [-0.15, -0.1) is 0 Å². The van der Waals surface area contributed by atoms with E-state index >= 15 is 0 Å². The third-order valence-corrected chi connectivity index (χ3v) is 3.62. The first-order valence-corrected chi connectivity index (χ1v) is 6.70. The molecule has 0 spiro atoms. The molecule has 1 aliphatic rings. The maximum absolute atomic E-state index is 12.3. The first kappa shape index (κ1) is 13.7. The fraction of sp³-hybridized carbons (Fsp3) is 0.467. The molecule has 1 heterocycles. The van der Waals surface area contributed by atoms with E-state index in [9.17, 15) is 9.59 Å². The number of ketones is 1. The average Bonchev–Trinajstić information content (AvgIpc) is 2.88. The largest absolute Gasteiger partial charge is 0.331 e. The second-order valence-corrected chi connectivity index (χ2v) is 5.10. The van der Waals surface area contributed by atoms with Crippen LogP contribution in [0.4, 0.5) is 0 Å². The normalized spacial score (nSPS) is 20.3. The summed E-state index contributed by atoms with van der Waals surface area (Å²) in [6.07, 6.45) is 2.16. The Morgan fingerprint density at radius 2 is 2.05 bits per heavy atom. The van der Waals surface area contributed by atoms with Gasteiger partial charge in [0.15, 0.2) is 5.78 Å². The van der Waals surface area contributed by atoms with Crippen molar-refractivity contribution in [2.45, 2.75) is 38.3 Å². The van der Waals surface area contributed by atoms with Gasteiger partial charge in [0.05, 0.1) is 12.1 Å². The number of Topliss-reactive ketones (excluding diaryl/α,β-unsaturated/α-hetero) is 1. The summed E-state index contributed by atoms with van der Waals surface area (Å²) in [7, 11) is 0. The Balaban J connectivity index is 2.01. The molecule has 1 aliphatic heterocycles. The standard InChI is InChI=1S/C15H20N2O2/c1-11(18)14-8-5-9-17(14)15(19)13(16)10-12-6-3-2-4-7-12/h2-4,6-7,13-14H,5,8-10,16H2,1H3. The number of hydrogen-bond acceptors (Lipinski definition) is 3. The van der Waals surface area contributed by atoms with Crippen molar-refractivity contribution >= 4 is 11.7 Å². The van der Waals surface area contributed by atoms with E-state index in [0.29, 0.717) is 13.0 Å². The quantitative estimate of drug-likeness (QED) is 0.883. The Morgan fingerprint density at radius 3 is 2.68 bits per heavy atom. The highest BCUT2D eigenvalue weighted by Crippen LogP contribution is 2.19. The number of amides is 1. The van der Waals surface area contributed by atoms with E-state index in [1.54, 1.807) is 11.8 Å². The minimum Gasteiger partial charge on any atom is -0.331 e. The molecule has 1 aromatic carbocycles. The van der Waals surface area contributed by atoms with Crippen LogP contribution in [0.5, 0.6) is 0 Å². The molecule has 0 aliphatic carbocycles. The van der Waals surface area contributed by atoms with Gasteiger partial charge in [-0.1, -0.05) is 30.3 Å². The van der Waals surface area contributed by atoms with Crippen molar-refractivity contribution < 1.29 is 9.59 Å². The predicted molar refractivity (Wildman–Crippen MR) is 73.5 cm³/mol. The minimum absolute atomic E-state index is 0.0535. The SMILES string of the molecule is CC(=O)C1CCCN1C(=O)C(N)Cc1ccccc1. The molecule has 2 rings (SSSR count). The number of nitrogens with two attached hydrogens (primary N) is 1. The average molecular weight is 260 g/mol. The minimum atomic E-state index is -0.567. The highest BCUT2D eigenvalue weighted by molar-refractivity contribution is 5.90. The van der Waals surface area contributed by atoms with Gasteiger partial charge in [0.25, 0.3) is 0 Å². The molecule has 2 N–H and O–H groups in total. The number of likely N-dealkylation sites (tertiary alicyclic amines) is 1. The van der Waals surface area contributed by atoms with Crippen LogP contribution >= 0.6 is 0 Å².